The summed E-state index contributed by atoms with van der Waals surface area (Å²) >= 11 is 0. The minimum absolute atomic E-state index is 0.0218. The van der Waals surface area contributed by atoms with Gasteiger partial charge in [-0.25, -0.2) is 9.59 Å². The lowest BCUT2D eigenvalue weighted by Gasteiger charge is -2.17. The van der Waals surface area contributed by atoms with Crippen molar-refractivity contribution in [3.05, 3.63) is 59.7 Å². The Morgan fingerprint density at radius 2 is 1.58 bits per heavy atom. The normalized spacial score (nSPS) is 13.3. The van der Waals surface area contributed by atoms with Crippen LogP contribution in [0.25, 0.3) is 11.1 Å². The van der Waals surface area contributed by atoms with Crippen LogP contribution < -0.4 is 10.6 Å². The van der Waals surface area contributed by atoms with Crippen molar-refractivity contribution in [2.24, 2.45) is 5.92 Å². The van der Waals surface area contributed by atoms with Crippen LogP contribution in [-0.2, 0) is 14.3 Å². The van der Waals surface area contributed by atoms with Crippen molar-refractivity contribution in [1.29, 1.82) is 0 Å². The Kier molecular flexibility index (Phi) is 7.28. The molecule has 1 aliphatic carbocycles. The topological polar surface area (TPSA) is 105 Å². The van der Waals surface area contributed by atoms with Crippen molar-refractivity contribution in [3.8, 4) is 11.1 Å². The number of ether oxygens (including phenoxy) is 1. The number of carboxylic acid groups (broad SMARTS) is 1. The van der Waals surface area contributed by atoms with E-state index in [0.29, 0.717) is 6.42 Å². The van der Waals surface area contributed by atoms with Gasteiger partial charge >= 0.3 is 12.1 Å². The summed E-state index contributed by atoms with van der Waals surface area (Å²) in [5, 5.41) is 14.2. The zero-order valence-electron chi connectivity index (χ0n) is 17.8. The second kappa shape index (κ2) is 10.1. The fraction of sp³-hybridized carbons (Fsp3) is 0.375. The number of benzene rings is 2. The number of carboxylic acids is 1. The van der Waals surface area contributed by atoms with E-state index in [1.54, 1.807) is 0 Å². The predicted octanol–water partition coefficient (Wildman–Crippen LogP) is 3.53. The highest BCUT2D eigenvalue weighted by molar-refractivity contribution is 5.84. The number of amides is 2. The first-order chi connectivity index (χ1) is 14.9. The zero-order chi connectivity index (χ0) is 22.4. The third-order valence-corrected chi connectivity index (χ3v) is 5.31. The van der Waals surface area contributed by atoms with Crippen LogP contribution in [-0.4, -0.2) is 42.3 Å². The number of rotatable bonds is 9. The Bertz CT molecular complexity index is 911. The molecule has 1 atom stereocenters. The number of alkyl carbamates (subject to hydrolysis) is 1. The number of hydrogen-bond donors (Lipinski definition) is 3. The highest BCUT2D eigenvalue weighted by Crippen LogP contribution is 2.44. The fourth-order valence-electron chi connectivity index (χ4n) is 3.89. The minimum Gasteiger partial charge on any atom is -0.480 e. The lowest BCUT2D eigenvalue weighted by molar-refractivity contribution is -0.142. The first-order valence-electron chi connectivity index (χ1n) is 10.5. The molecule has 0 unspecified atom stereocenters. The van der Waals surface area contributed by atoms with Crippen LogP contribution in [0.1, 0.15) is 43.7 Å². The summed E-state index contributed by atoms with van der Waals surface area (Å²) in [5.74, 6) is -1.38. The molecule has 2 amide bonds. The predicted molar refractivity (Wildman–Crippen MR) is 117 cm³/mol. The molecule has 0 spiro atoms. The quantitative estimate of drug-likeness (QED) is 0.571. The Balaban J connectivity index is 1.47. The number of carbonyl (C=O) groups excluding carboxylic acids is 2. The standard InChI is InChI=1S/C24H28N2O5/c1-15(2)13-21(23(28)29)26-22(27)11-12-25-24(30)31-14-20-18-9-5-3-7-16(18)17-8-4-6-10-19(17)20/h3-10,15,20-21H,11-14H2,1-2H3,(H,25,30)(H,26,27)(H,28,29)/t21-/m1/s1. The van der Waals surface area contributed by atoms with Gasteiger partial charge in [-0.1, -0.05) is 62.4 Å². The van der Waals surface area contributed by atoms with E-state index in [1.807, 2.05) is 50.2 Å². The molecule has 31 heavy (non-hydrogen) atoms. The molecule has 1 aliphatic rings. The second-order valence-corrected chi connectivity index (χ2v) is 8.09. The van der Waals surface area contributed by atoms with E-state index >= 15 is 0 Å². The summed E-state index contributed by atoms with van der Waals surface area (Å²) in [6, 6.07) is 15.2. The van der Waals surface area contributed by atoms with Crippen LogP contribution in [0.4, 0.5) is 4.79 Å². The van der Waals surface area contributed by atoms with Crippen LogP contribution in [0.15, 0.2) is 48.5 Å². The van der Waals surface area contributed by atoms with Crippen molar-refractivity contribution >= 4 is 18.0 Å². The molecule has 7 nitrogen and oxygen atoms in total. The van der Waals surface area contributed by atoms with Crippen molar-refractivity contribution in [3.63, 3.8) is 0 Å². The number of aliphatic carboxylic acids is 1. The first kappa shape index (κ1) is 22.3. The van der Waals surface area contributed by atoms with E-state index in [-0.39, 0.29) is 31.4 Å². The molecular weight excluding hydrogens is 396 g/mol. The third kappa shape index (κ3) is 5.63. The van der Waals surface area contributed by atoms with Crippen molar-refractivity contribution in [2.45, 2.75) is 38.6 Å². The minimum atomic E-state index is -1.06. The van der Waals surface area contributed by atoms with Crippen LogP contribution in [0.2, 0.25) is 0 Å². The molecule has 0 radical (unpaired) electrons. The molecule has 0 saturated heterocycles. The highest BCUT2D eigenvalue weighted by Gasteiger charge is 2.29. The third-order valence-electron chi connectivity index (χ3n) is 5.31. The number of nitrogens with one attached hydrogen (secondary N) is 2. The fourth-order valence-corrected chi connectivity index (χ4v) is 3.89. The molecule has 0 aliphatic heterocycles. The van der Waals surface area contributed by atoms with Gasteiger partial charge in [0.15, 0.2) is 0 Å². The van der Waals surface area contributed by atoms with Gasteiger partial charge < -0.3 is 20.5 Å². The lowest BCUT2D eigenvalue weighted by atomic mass is 9.98. The summed E-state index contributed by atoms with van der Waals surface area (Å²) in [4.78, 5) is 35.4. The lowest BCUT2D eigenvalue weighted by Crippen LogP contribution is -2.42. The summed E-state index contributed by atoms with van der Waals surface area (Å²) < 4.78 is 5.42. The molecule has 0 heterocycles. The maximum absolute atomic E-state index is 12.1. The number of fused-ring (bicyclic) bond motifs is 3. The van der Waals surface area contributed by atoms with E-state index in [0.717, 1.165) is 22.3 Å². The smallest absolute Gasteiger partial charge is 0.407 e. The number of carbonyl (C=O) groups is 3. The van der Waals surface area contributed by atoms with Gasteiger partial charge in [-0.15, -0.1) is 0 Å². The average molecular weight is 424 g/mol. The van der Waals surface area contributed by atoms with Crippen LogP contribution in [0.3, 0.4) is 0 Å². The Hall–Kier alpha value is -3.35. The maximum Gasteiger partial charge on any atom is 0.407 e. The Labute approximate surface area is 181 Å². The van der Waals surface area contributed by atoms with E-state index in [1.165, 1.54) is 0 Å². The molecule has 3 N–H and O–H groups in total. The molecule has 3 rings (SSSR count). The average Bonchev–Trinajstić information content (AvgIpc) is 3.05. The summed E-state index contributed by atoms with van der Waals surface area (Å²) in [6.45, 7) is 4.04. The van der Waals surface area contributed by atoms with Crippen LogP contribution in [0, 0.1) is 5.92 Å². The van der Waals surface area contributed by atoms with Gasteiger partial charge in [-0.05, 0) is 34.6 Å². The zero-order valence-corrected chi connectivity index (χ0v) is 17.8. The van der Waals surface area contributed by atoms with Gasteiger partial charge in [0.05, 0.1) is 0 Å². The highest BCUT2D eigenvalue weighted by atomic mass is 16.5. The van der Waals surface area contributed by atoms with Gasteiger partial charge in [0.25, 0.3) is 0 Å². The van der Waals surface area contributed by atoms with E-state index in [4.69, 9.17) is 4.74 Å². The molecule has 0 fully saturated rings. The largest absolute Gasteiger partial charge is 0.480 e. The van der Waals surface area contributed by atoms with Crippen LogP contribution in [0.5, 0.6) is 0 Å². The number of hydrogen-bond acceptors (Lipinski definition) is 4. The van der Waals surface area contributed by atoms with Crippen molar-refractivity contribution < 1.29 is 24.2 Å². The van der Waals surface area contributed by atoms with Crippen molar-refractivity contribution in [1.82, 2.24) is 10.6 Å². The Morgan fingerprint density at radius 3 is 2.13 bits per heavy atom. The van der Waals surface area contributed by atoms with Crippen molar-refractivity contribution in [2.75, 3.05) is 13.2 Å². The molecule has 7 heteroatoms. The first-order valence-corrected chi connectivity index (χ1v) is 10.5. The molecule has 2 aromatic rings. The summed E-state index contributed by atoms with van der Waals surface area (Å²) in [6.07, 6.45) is -0.279. The molecule has 2 aromatic carbocycles. The van der Waals surface area contributed by atoms with Gasteiger partial charge in [0.2, 0.25) is 5.91 Å². The summed E-state index contributed by atoms with van der Waals surface area (Å²) in [5.41, 5.74) is 4.55. The maximum atomic E-state index is 12.1. The SMILES string of the molecule is CC(C)C[C@@H](NC(=O)CCNC(=O)OCC1c2ccccc2-c2ccccc21)C(=O)O. The van der Waals surface area contributed by atoms with Gasteiger partial charge in [-0.3, -0.25) is 4.79 Å². The van der Waals surface area contributed by atoms with Gasteiger partial charge in [-0.2, -0.15) is 0 Å². The molecule has 0 bridgehead atoms. The monoisotopic (exact) mass is 424 g/mol. The van der Waals surface area contributed by atoms with Gasteiger partial charge in [0, 0.05) is 18.9 Å². The molecular formula is C24H28N2O5. The molecule has 0 saturated carbocycles. The molecule has 164 valence electrons. The van der Waals surface area contributed by atoms with Crippen LogP contribution >= 0.6 is 0 Å². The molecule has 0 aromatic heterocycles. The van der Waals surface area contributed by atoms with E-state index in [2.05, 4.69) is 22.8 Å². The second-order valence-electron chi connectivity index (χ2n) is 8.09. The van der Waals surface area contributed by atoms with Gasteiger partial charge in [0.1, 0.15) is 12.6 Å². The van der Waals surface area contributed by atoms with E-state index < -0.39 is 24.0 Å². The van der Waals surface area contributed by atoms with E-state index in [9.17, 15) is 19.5 Å². The summed E-state index contributed by atoms with van der Waals surface area (Å²) in [7, 11) is 0. The Morgan fingerprint density at radius 1 is 1.00 bits per heavy atom.